The molecule has 0 radical (unpaired) electrons. The first-order valence-corrected chi connectivity index (χ1v) is 11.4. The van der Waals surface area contributed by atoms with Crippen LogP contribution in [0.1, 0.15) is 62.4 Å². The third-order valence-corrected chi connectivity index (χ3v) is 5.95. The summed E-state index contributed by atoms with van der Waals surface area (Å²) in [4.78, 5) is 30.4. The second-order valence-corrected chi connectivity index (χ2v) is 9.72. The van der Waals surface area contributed by atoms with Crippen molar-refractivity contribution in [2.24, 2.45) is 7.05 Å². The second-order valence-electron chi connectivity index (χ2n) is 9.72. The number of aliphatic hydroxyl groups is 1. The van der Waals surface area contributed by atoms with E-state index in [0.29, 0.717) is 31.6 Å². The number of alkyl halides is 3. The molecule has 1 aliphatic heterocycles. The van der Waals surface area contributed by atoms with Gasteiger partial charge in [-0.15, -0.1) is 0 Å². The molecule has 2 N–H and O–H groups in total. The zero-order valence-electron chi connectivity index (χ0n) is 20.3. The van der Waals surface area contributed by atoms with E-state index in [1.807, 2.05) is 0 Å². The Morgan fingerprint density at radius 1 is 1.20 bits per heavy atom. The Hall–Kier alpha value is -3.02. The van der Waals surface area contributed by atoms with Crippen molar-refractivity contribution in [3.8, 4) is 0 Å². The average molecular weight is 500 g/mol. The van der Waals surface area contributed by atoms with Crippen LogP contribution >= 0.6 is 0 Å². The molecule has 12 heteroatoms. The quantitative estimate of drug-likeness (QED) is 0.635. The molecule has 35 heavy (non-hydrogen) atoms. The zero-order chi connectivity index (χ0) is 26.0. The second kappa shape index (κ2) is 9.92. The Labute approximate surface area is 201 Å². The fraction of sp³-hybridized carbons (Fsp3) is 0.609. The molecular weight excluding hydrogens is 467 g/mol. The van der Waals surface area contributed by atoms with E-state index >= 15 is 0 Å². The summed E-state index contributed by atoms with van der Waals surface area (Å²) in [5, 5.41) is 12.9. The lowest BCUT2D eigenvalue weighted by molar-refractivity contribution is -0.272. The highest BCUT2D eigenvalue weighted by molar-refractivity contribution is 5.92. The van der Waals surface area contributed by atoms with Crippen molar-refractivity contribution in [3.05, 3.63) is 42.2 Å². The molecule has 3 rings (SSSR count). The van der Waals surface area contributed by atoms with E-state index in [0.717, 1.165) is 4.57 Å². The van der Waals surface area contributed by atoms with Crippen molar-refractivity contribution in [2.75, 3.05) is 19.6 Å². The van der Waals surface area contributed by atoms with Gasteiger partial charge in [0.1, 0.15) is 17.1 Å². The van der Waals surface area contributed by atoms with Crippen molar-refractivity contribution in [1.82, 2.24) is 24.3 Å². The Kier molecular flexibility index (Phi) is 7.53. The number of nitrogens with zero attached hydrogens (tertiary/aromatic N) is 4. The van der Waals surface area contributed by atoms with Crippen LogP contribution in [0, 0.1) is 0 Å². The highest BCUT2D eigenvalue weighted by atomic mass is 19.4. The summed E-state index contributed by atoms with van der Waals surface area (Å²) in [7, 11) is 1.36. The van der Waals surface area contributed by atoms with Gasteiger partial charge in [-0.25, -0.2) is 9.78 Å². The summed E-state index contributed by atoms with van der Waals surface area (Å²) in [5.74, 6) is -1.09. The standard InChI is InChI=1S/C23H32F3N5O4/c1-21(2,3)35-20(33)30-13-7-16(8-14-30)31-12-5-6-17(31)18(32)27-10-9-22(34,23(24,25)26)19-28-11-15-29(19)4/h5-6,11-12,15-16,34H,7-10,13-14H2,1-4H3,(H,27,32). The van der Waals surface area contributed by atoms with Crippen LogP contribution in [0.2, 0.25) is 0 Å². The molecule has 1 saturated heterocycles. The minimum Gasteiger partial charge on any atom is -0.444 e. The van der Waals surface area contributed by atoms with Gasteiger partial charge in [-0.2, -0.15) is 13.2 Å². The van der Waals surface area contributed by atoms with Crippen LogP contribution in [0.3, 0.4) is 0 Å². The van der Waals surface area contributed by atoms with Crippen LogP contribution in [0.4, 0.5) is 18.0 Å². The summed E-state index contributed by atoms with van der Waals surface area (Å²) in [6, 6.07) is 3.23. The number of carbonyl (C=O) groups excluding carboxylic acids is 2. The number of likely N-dealkylation sites (tertiary alicyclic amines) is 1. The summed E-state index contributed by atoms with van der Waals surface area (Å²) in [5.41, 5.74) is -3.49. The Balaban J connectivity index is 1.60. The summed E-state index contributed by atoms with van der Waals surface area (Å²) in [6.45, 7) is 5.91. The SMILES string of the molecule is Cn1ccnc1C(O)(CCNC(=O)c1cccn1C1CCN(C(=O)OC(C)(C)C)CC1)C(F)(F)F. The van der Waals surface area contributed by atoms with Crippen molar-refractivity contribution in [1.29, 1.82) is 0 Å². The molecular formula is C23H32F3N5O4. The predicted molar refractivity (Wildman–Crippen MR) is 121 cm³/mol. The van der Waals surface area contributed by atoms with Gasteiger partial charge < -0.3 is 29.2 Å². The molecule has 9 nitrogen and oxygen atoms in total. The highest BCUT2D eigenvalue weighted by Crippen LogP contribution is 2.40. The maximum absolute atomic E-state index is 13.7. The third-order valence-electron chi connectivity index (χ3n) is 5.95. The number of hydrogen-bond donors (Lipinski definition) is 2. The number of aromatic nitrogens is 3. The molecule has 1 fully saturated rings. The lowest BCUT2D eigenvalue weighted by Crippen LogP contribution is -2.46. The van der Waals surface area contributed by atoms with Crippen LogP contribution in [0.25, 0.3) is 0 Å². The fourth-order valence-electron chi connectivity index (χ4n) is 4.15. The molecule has 2 aromatic heterocycles. The van der Waals surface area contributed by atoms with Crippen LogP contribution in [0.5, 0.6) is 0 Å². The number of carbonyl (C=O) groups is 2. The van der Waals surface area contributed by atoms with Gasteiger partial charge >= 0.3 is 12.3 Å². The van der Waals surface area contributed by atoms with Gasteiger partial charge in [-0.1, -0.05) is 0 Å². The Bertz CT molecular complexity index is 1030. The van der Waals surface area contributed by atoms with Gasteiger partial charge in [0.15, 0.2) is 0 Å². The first-order valence-electron chi connectivity index (χ1n) is 11.4. The van der Waals surface area contributed by atoms with E-state index in [1.54, 1.807) is 48.6 Å². The van der Waals surface area contributed by atoms with Crippen LogP contribution in [-0.2, 0) is 17.4 Å². The molecule has 0 aromatic carbocycles. The number of hydrogen-bond acceptors (Lipinski definition) is 5. The van der Waals surface area contributed by atoms with Crippen molar-refractivity contribution >= 4 is 12.0 Å². The van der Waals surface area contributed by atoms with Crippen LogP contribution in [0.15, 0.2) is 30.7 Å². The number of rotatable bonds is 6. The average Bonchev–Trinajstić information content (AvgIpc) is 3.41. The largest absolute Gasteiger partial charge is 0.444 e. The monoisotopic (exact) mass is 499 g/mol. The molecule has 194 valence electrons. The topological polar surface area (TPSA) is 102 Å². The van der Waals surface area contributed by atoms with Gasteiger partial charge in [0.2, 0.25) is 5.60 Å². The first kappa shape index (κ1) is 26.6. The normalized spacial score (nSPS) is 17.2. The molecule has 0 bridgehead atoms. The van der Waals surface area contributed by atoms with E-state index in [2.05, 4.69) is 10.3 Å². The number of halogens is 3. The van der Waals surface area contributed by atoms with E-state index in [-0.39, 0.29) is 12.1 Å². The van der Waals surface area contributed by atoms with Gasteiger partial charge in [-0.05, 0) is 45.7 Å². The lowest BCUT2D eigenvalue weighted by Gasteiger charge is -2.34. The first-order chi connectivity index (χ1) is 16.2. The molecule has 1 unspecified atom stereocenters. The molecule has 0 spiro atoms. The van der Waals surface area contributed by atoms with E-state index in [1.165, 1.54) is 19.4 Å². The van der Waals surface area contributed by atoms with Crippen LogP contribution < -0.4 is 5.32 Å². The van der Waals surface area contributed by atoms with Gasteiger partial charge in [-0.3, -0.25) is 4.79 Å². The summed E-state index contributed by atoms with van der Waals surface area (Å²) in [6.07, 6.45) is -0.727. The molecule has 2 amide bonds. The molecule has 2 aromatic rings. The van der Waals surface area contributed by atoms with Gasteiger partial charge in [0.25, 0.3) is 5.91 Å². The minimum atomic E-state index is -4.97. The number of imidazole rings is 1. The zero-order valence-corrected chi connectivity index (χ0v) is 20.3. The number of piperidine rings is 1. The Morgan fingerprint density at radius 2 is 1.86 bits per heavy atom. The van der Waals surface area contributed by atoms with Crippen molar-refractivity contribution in [2.45, 2.75) is 63.5 Å². The summed E-state index contributed by atoms with van der Waals surface area (Å²) >= 11 is 0. The van der Waals surface area contributed by atoms with E-state index in [4.69, 9.17) is 4.74 Å². The third kappa shape index (κ3) is 5.98. The number of aryl methyl sites for hydroxylation is 1. The van der Waals surface area contributed by atoms with E-state index < -0.39 is 42.1 Å². The molecule has 3 heterocycles. The van der Waals surface area contributed by atoms with Crippen molar-refractivity contribution in [3.63, 3.8) is 0 Å². The predicted octanol–water partition coefficient (Wildman–Crippen LogP) is 3.36. The van der Waals surface area contributed by atoms with Crippen LogP contribution in [-0.4, -0.2) is 67.5 Å². The molecule has 0 aliphatic carbocycles. The number of ether oxygens (including phenoxy) is 1. The molecule has 0 saturated carbocycles. The minimum absolute atomic E-state index is 0.0517. The highest BCUT2D eigenvalue weighted by Gasteiger charge is 2.57. The fourth-order valence-corrected chi connectivity index (χ4v) is 4.15. The van der Waals surface area contributed by atoms with Gasteiger partial charge in [0, 0.05) is 57.7 Å². The summed E-state index contributed by atoms with van der Waals surface area (Å²) < 4.78 is 49.3. The molecule has 1 atom stereocenters. The maximum Gasteiger partial charge on any atom is 0.424 e. The number of nitrogens with one attached hydrogen (secondary N) is 1. The number of amides is 2. The lowest BCUT2D eigenvalue weighted by atomic mass is 9.97. The smallest absolute Gasteiger partial charge is 0.424 e. The van der Waals surface area contributed by atoms with Gasteiger partial charge in [0.05, 0.1) is 0 Å². The van der Waals surface area contributed by atoms with E-state index in [9.17, 15) is 27.9 Å². The Morgan fingerprint density at radius 3 is 2.40 bits per heavy atom. The maximum atomic E-state index is 13.7. The molecule has 1 aliphatic rings. The van der Waals surface area contributed by atoms with Crippen molar-refractivity contribution < 1.29 is 32.6 Å².